The number of para-hydroxylation sites is 6. The summed E-state index contributed by atoms with van der Waals surface area (Å²) in [6.07, 6.45) is 5.91. The van der Waals surface area contributed by atoms with E-state index in [1.807, 2.05) is 107 Å². The normalized spacial score (nSPS) is 12.2. The van der Waals surface area contributed by atoms with Crippen molar-refractivity contribution in [3.63, 3.8) is 0 Å². The molecule has 2 N–H and O–H groups in total. The Balaban J connectivity index is 0.759. The minimum atomic E-state index is -0.543. The zero-order valence-electron chi connectivity index (χ0n) is 40.0. The zero-order valence-corrected chi connectivity index (χ0v) is 41.6. The van der Waals surface area contributed by atoms with Gasteiger partial charge in [-0.1, -0.05) is 140 Å². The van der Waals surface area contributed by atoms with Crippen LogP contribution >= 0.6 is 23.5 Å². The molecule has 0 aliphatic rings. The maximum Gasteiger partial charge on any atom is 0.0826 e. The first kappa shape index (κ1) is 50.3. The number of rotatable bonds is 26. The highest BCUT2D eigenvalue weighted by Crippen LogP contribution is 2.35. The molecule has 2 unspecified atom stereocenters. The van der Waals surface area contributed by atoms with Crippen LogP contribution in [0.5, 0.6) is 0 Å². The maximum atomic E-state index is 11.2. The van der Waals surface area contributed by atoms with Gasteiger partial charge in [0.25, 0.3) is 0 Å². The first-order valence-electron chi connectivity index (χ1n) is 24.3. The van der Waals surface area contributed by atoms with Gasteiger partial charge in [-0.15, -0.1) is 0 Å². The van der Waals surface area contributed by atoms with E-state index in [2.05, 4.69) is 155 Å². The third kappa shape index (κ3) is 15.5. The summed E-state index contributed by atoms with van der Waals surface area (Å²) in [5.74, 6) is 3.24. The van der Waals surface area contributed by atoms with Crippen molar-refractivity contribution in [2.45, 2.75) is 31.5 Å². The predicted octanol–water partition coefficient (Wildman–Crippen LogP) is 14.4. The van der Waals surface area contributed by atoms with Gasteiger partial charge in [0.1, 0.15) is 0 Å². The third-order valence-electron chi connectivity index (χ3n) is 11.6. The summed E-state index contributed by atoms with van der Waals surface area (Å²) in [7, 11) is 0. The molecule has 0 amide bonds. The van der Waals surface area contributed by atoms with E-state index in [0.29, 0.717) is 24.6 Å². The minimum Gasteiger partial charge on any atom is -0.390 e. The highest BCUT2D eigenvalue weighted by atomic mass is 32.2. The molecule has 0 aliphatic heterocycles. The number of nitrogens with zero attached hydrogens (tertiary/aromatic N) is 6. The summed E-state index contributed by atoms with van der Waals surface area (Å²) >= 11 is 3.58. The summed E-state index contributed by atoms with van der Waals surface area (Å²) in [6, 6.07) is 78.4. The fourth-order valence-corrected chi connectivity index (χ4v) is 9.97. The Morgan fingerprint density at radius 1 is 0.338 bits per heavy atom. The summed E-state index contributed by atoms with van der Waals surface area (Å²) in [6.45, 7) is 0.785. The van der Waals surface area contributed by atoms with Gasteiger partial charge in [0, 0.05) is 45.6 Å². The molecule has 8 aromatic carbocycles. The molecule has 360 valence electrons. The van der Waals surface area contributed by atoms with Crippen LogP contribution in [0.4, 0.5) is 45.5 Å². The molecule has 0 spiro atoms. The second kappa shape index (κ2) is 27.3. The Labute approximate surface area is 428 Å². The maximum absolute atomic E-state index is 11.2. The number of aliphatic hydroxyl groups is 2. The van der Waals surface area contributed by atoms with Crippen LogP contribution in [-0.4, -0.2) is 71.0 Å². The van der Waals surface area contributed by atoms with Crippen LogP contribution in [0.3, 0.4) is 0 Å². The van der Waals surface area contributed by atoms with Gasteiger partial charge in [0.05, 0.1) is 49.1 Å². The van der Waals surface area contributed by atoms with Crippen LogP contribution in [0.25, 0.3) is 0 Å². The van der Waals surface area contributed by atoms with Crippen LogP contribution < -0.4 is 19.8 Å². The van der Waals surface area contributed by atoms with Crippen molar-refractivity contribution >= 4 is 81.5 Å². The molecule has 10 heteroatoms. The molecule has 0 saturated carbocycles. The van der Waals surface area contributed by atoms with Crippen molar-refractivity contribution in [1.29, 1.82) is 0 Å². The second-order valence-corrected chi connectivity index (χ2v) is 19.3. The minimum absolute atomic E-state index is 0.393. The lowest BCUT2D eigenvalue weighted by molar-refractivity contribution is 0.204. The van der Waals surface area contributed by atoms with E-state index >= 15 is 0 Å². The lowest BCUT2D eigenvalue weighted by Gasteiger charge is -2.25. The van der Waals surface area contributed by atoms with Crippen LogP contribution in [0.1, 0.15) is 30.4 Å². The van der Waals surface area contributed by atoms with Gasteiger partial charge in [-0.3, -0.25) is 10.0 Å². The first-order chi connectivity index (χ1) is 35.1. The Morgan fingerprint density at radius 2 is 0.606 bits per heavy atom. The van der Waals surface area contributed by atoms with E-state index in [-0.39, 0.29) is 0 Å². The van der Waals surface area contributed by atoms with E-state index in [4.69, 9.17) is 10.2 Å². The summed E-state index contributed by atoms with van der Waals surface area (Å²) in [4.78, 5) is 4.48. The molecule has 8 rings (SSSR count). The monoisotopic (exact) mass is 974 g/mol. The van der Waals surface area contributed by atoms with Crippen molar-refractivity contribution in [2.24, 2.45) is 10.2 Å². The molecule has 2 atom stereocenters. The zero-order chi connectivity index (χ0) is 48.7. The highest BCUT2D eigenvalue weighted by Gasteiger charge is 2.16. The number of hydrazone groups is 2. The van der Waals surface area contributed by atoms with Gasteiger partial charge in [-0.25, -0.2) is 0 Å². The average molecular weight is 975 g/mol. The van der Waals surface area contributed by atoms with Crippen LogP contribution in [0, 0.1) is 0 Å². The molecular weight excluding hydrogens is 913 g/mol. The predicted molar refractivity (Wildman–Crippen MR) is 306 cm³/mol. The van der Waals surface area contributed by atoms with E-state index in [0.717, 1.165) is 87.4 Å². The summed E-state index contributed by atoms with van der Waals surface area (Å²) in [5.41, 5.74) is 10.3. The van der Waals surface area contributed by atoms with Gasteiger partial charge >= 0.3 is 0 Å². The van der Waals surface area contributed by atoms with Crippen molar-refractivity contribution < 1.29 is 10.2 Å². The molecule has 0 radical (unpaired) electrons. The van der Waals surface area contributed by atoms with Gasteiger partial charge in [0.15, 0.2) is 0 Å². The molecule has 0 aliphatic carbocycles. The quantitative estimate of drug-likeness (QED) is 0.0316. The van der Waals surface area contributed by atoms with Crippen molar-refractivity contribution in [3.8, 4) is 0 Å². The van der Waals surface area contributed by atoms with Crippen LogP contribution in [0.15, 0.2) is 241 Å². The highest BCUT2D eigenvalue weighted by molar-refractivity contribution is 7.99. The number of hydrogen-bond acceptors (Lipinski definition) is 10. The molecule has 8 nitrogen and oxygen atoms in total. The number of benzene rings is 8. The topological polar surface area (TPSA) is 78.1 Å². The Morgan fingerprint density at radius 3 is 0.901 bits per heavy atom. The molecule has 0 heterocycles. The molecular formula is C61H62N6O2S2. The smallest absolute Gasteiger partial charge is 0.0826 e. The number of unbranched alkanes of at least 4 members (excludes halogenated alkanes) is 2. The fourth-order valence-electron chi connectivity index (χ4n) is 8.06. The van der Waals surface area contributed by atoms with E-state index < -0.39 is 12.2 Å². The molecule has 8 aromatic rings. The standard InChI is InChI=1S/C61H62N6O2S2/c68-60(46-64(52-22-8-1-9-23-52)62-44-50-34-38-58(39-35-50)66(54-26-12-3-13-27-54)55-28-14-4-15-29-55)48-70-42-20-7-21-43-71-49-61(69)47-65(53-24-10-2-11-25-53)63-45-51-36-40-59(41-37-51)67(56-30-16-5-17-31-56)57-32-18-6-19-33-57/h1-6,8-19,22-41,44-45,60-61,68-69H,7,20-21,42-43,46-49H2. The van der Waals surface area contributed by atoms with E-state index in [1.54, 1.807) is 23.5 Å². The Hall–Kier alpha value is -7.08. The number of thioether (sulfide) groups is 2. The number of anilines is 8. The fraction of sp³-hybridized carbons (Fsp3) is 0.180. The number of aliphatic hydroxyl groups excluding tert-OH is 2. The van der Waals surface area contributed by atoms with Crippen LogP contribution in [-0.2, 0) is 0 Å². The average Bonchev–Trinajstić information content (AvgIpc) is 3.43. The second-order valence-electron chi connectivity index (χ2n) is 17.0. The largest absolute Gasteiger partial charge is 0.390 e. The van der Waals surface area contributed by atoms with Crippen LogP contribution in [0.2, 0.25) is 0 Å². The van der Waals surface area contributed by atoms with Gasteiger partial charge in [-0.05, 0) is 133 Å². The Kier molecular flexibility index (Phi) is 19.4. The molecule has 71 heavy (non-hydrogen) atoms. The third-order valence-corrected chi connectivity index (χ3v) is 14.0. The lowest BCUT2D eigenvalue weighted by Crippen LogP contribution is -2.30. The summed E-state index contributed by atoms with van der Waals surface area (Å²) < 4.78 is 0. The first-order valence-corrected chi connectivity index (χ1v) is 26.6. The van der Waals surface area contributed by atoms with Gasteiger partial charge in [0.2, 0.25) is 0 Å². The molecule has 0 saturated heterocycles. The molecule has 0 aromatic heterocycles. The summed E-state index contributed by atoms with van der Waals surface area (Å²) in [5, 5.41) is 35.8. The Bertz CT molecular complexity index is 2500. The van der Waals surface area contributed by atoms with Gasteiger partial charge < -0.3 is 20.0 Å². The van der Waals surface area contributed by atoms with E-state index in [1.165, 1.54) is 0 Å². The van der Waals surface area contributed by atoms with E-state index in [9.17, 15) is 10.2 Å². The molecule has 0 bridgehead atoms. The lowest BCUT2D eigenvalue weighted by atomic mass is 10.1. The van der Waals surface area contributed by atoms with Crippen molar-refractivity contribution in [3.05, 3.63) is 242 Å². The SMILES string of the molecule is OC(CSCCCCCSCC(O)CN(N=Cc1ccc(N(c2ccccc2)c2ccccc2)cc1)c1ccccc1)CN(N=Cc1ccc(N(c2ccccc2)c2ccccc2)cc1)c1ccccc1. The van der Waals surface area contributed by atoms with Crippen molar-refractivity contribution in [2.75, 3.05) is 55.9 Å². The van der Waals surface area contributed by atoms with Crippen molar-refractivity contribution in [1.82, 2.24) is 0 Å². The number of hydrogen-bond donors (Lipinski definition) is 2. The van der Waals surface area contributed by atoms with Gasteiger partial charge in [-0.2, -0.15) is 33.7 Å². The molecule has 0 fully saturated rings.